The Bertz CT molecular complexity index is 1110. The van der Waals surface area contributed by atoms with E-state index in [1.807, 2.05) is 6.92 Å². The molecular weight excluding hydrogens is 470 g/mol. The first-order valence-electron chi connectivity index (χ1n) is 12.7. The molecule has 4 heterocycles. The van der Waals surface area contributed by atoms with Crippen LogP contribution >= 0.6 is 0 Å². The standard InChI is InChI=1S/C26H37NO7S/c1-16-9-10-21-17(2)24(3,31-23-26(21)20(16)11-14-25(4,32-23)33-34-26)13-12-22(28)27-18-7-6-8-19(15-18)35(5,29)30/h6-8,15-17,20-21,23H,9-14H2,1-5H3,(H,27,28)/t16-,17-,20+,21+,23-,24+,25+,26-/m1/s1. The highest BCUT2D eigenvalue weighted by Crippen LogP contribution is 2.62. The predicted octanol–water partition coefficient (Wildman–Crippen LogP) is 4.45. The number of fused-ring (bicyclic) bond motifs is 2. The fourth-order valence-corrected chi connectivity index (χ4v) is 7.51. The van der Waals surface area contributed by atoms with Crippen LogP contribution in [0, 0.1) is 23.7 Å². The van der Waals surface area contributed by atoms with E-state index in [4.69, 9.17) is 19.2 Å². The summed E-state index contributed by atoms with van der Waals surface area (Å²) in [5, 5.41) is 2.84. The zero-order chi connectivity index (χ0) is 25.2. The molecule has 1 amide bonds. The first-order chi connectivity index (χ1) is 16.4. The lowest BCUT2D eigenvalue weighted by Crippen LogP contribution is -2.72. The van der Waals surface area contributed by atoms with Crippen molar-refractivity contribution in [2.24, 2.45) is 23.7 Å². The molecule has 5 aliphatic rings. The van der Waals surface area contributed by atoms with Gasteiger partial charge in [-0.3, -0.25) is 4.79 Å². The molecule has 8 atom stereocenters. The summed E-state index contributed by atoms with van der Waals surface area (Å²) in [6.07, 6.45) is 5.22. The third kappa shape index (κ3) is 4.23. The van der Waals surface area contributed by atoms with Gasteiger partial charge >= 0.3 is 0 Å². The third-order valence-corrected chi connectivity index (χ3v) is 10.2. The Kier molecular flexibility index (Phi) is 6.12. The second-order valence-electron chi connectivity index (χ2n) is 11.5. The summed E-state index contributed by atoms with van der Waals surface area (Å²) in [7, 11) is -3.35. The van der Waals surface area contributed by atoms with E-state index < -0.39 is 33.1 Å². The van der Waals surface area contributed by atoms with Gasteiger partial charge < -0.3 is 14.8 Å². The Labute approximate surface area is 207 Å². The van der Waals surface area contributed by atoms with Crippen molar-refractivity contribution in [1.82, 2.24) is 0 Å². The summed E-state index contributed by atoms with van der Waals surface area (Å²) in [5.41, 5.74) is -0.741. The van der Waals surface area contributed by atoms with Gasteiger partial charge in [0.1, 0.15) is 0 Å². The predicted molar refractivity (Wildman–Crippen MR) is 129 cm³/mol. The van der Waals surface area contributed by atoms with Crippen LogP contribution in [0.3, 0.4) is 0 Å². The molecule has 1 spiro atoms. The van der Waals surface area contributed by atoms with E-state index in [1.165, 1.54) is 12.1 Å². The average Bonchev–Trinajstić information content (AvgIpc) is 3.02. The van der Waals surface area contributed by atoms with Gasteiger partial charge in [-0.05, 0) is 75.5 Å². The maximum Gasteiger partial charge on any atom is 0.224 e. The molecule has 0 unspecified atom stereocenters. The molecule has 4 saturated heterocycles. The van der Waals surface area contributed by atoms with Gasteiger partial charge in [-0.1, -0.05) is 19.9 Å². The van der Waals surface area contributed by atoms with Crippen LogP contribution in [0.25, 0.3) is 0 Å². The summed E-state index contributed by atoms with van der Waals surface area (Å²) < 4.78 is 36.9. The molecule has 0 aromatic heterocycles. The van der Waals surface area contributed by atoms with Gasteiger partial charge in [0.05, 0.1) is 10.5 Å². The lowest BCUT2D eigenvalue weighted by atomic mass is 9.55. The zero-order valence-corrected chi connectivity index (χ0v) is 22.0. The molecule has 1 aromatic carbocycles. The number of hydrogen-bond acceptors (Lipinski definition) is 7. The van der Waals surface area contributed by atoms with Crippen molar-refractivity contribution in [3.8, 4) is 0 Å². The van der Waals surface area contributed by atoms with Crippen LogP contribution in [0.15, 0.2) is 29.2 Å². The Morgan fingerprint density at radius 2 is 1.86 bits per heavy atom. The van der Waals surface area contributed by atoms with E-state index in [0.29, 0.717) is 23.9 Å². The lowest BCUT2D eigenvalue weighted by Gasteiger charge is -2.63. The number of carbonyl (C=O) groups excluding carboxylic acids is 1. The monoisotopic (exact) mass is 507 g/mol. The summed E-state index contributed by atoms with van der Waals surface area (Å²) in [6, 6.07) is 6.32. The largest absolute Gasteiger partial charge is 0.343 e. The van der Waals surface area contributed by atoms with Crippen molar-refractivity contribution in [3.63, 3.8) is 0 Å². The maximum absolute atomic E-state index is 12.8. The number of sulfone groups is 1. The van der Waals surface area contributed by atoms with Crippen molar-refractivity contribution in [3.05, 3.63) is 24.3 Å². The fraction of sp³-hybridized carbons (Fsp3) is 0.731. The minimum Gasteiger partial charge on any atom is -0.343 e. The highest BCUT2D eigenvalue weighted by atomic mass is 32.2. The third-order valence-electron chi connectivity index (χ3n) is 9.11. The molecule has 1 aromatic rings. The van der Waals surface area contributed by atoms with E-state index in [2.05, 4.69) is 26.1 Å². The van der Waals surface area contributed by atoms with Crippen molar-refractivity contribution >= 4 is 21.4 Å². The van der Waals surface area contributed by atoms with Crippen LogP contribution in [0.1, 0.15) is 66.2 Å². The van der Waals surface area contributed by atoms with Crippen LogP contribution in [-0.4, -0.2) is 43.9 Å². The molecule has 9 heteroatoms. The van der Waals surface area contributed by atoms with E-state index in [0.717, 1.165) is 31.9 Å². The molecule has 5 fully saturated rings. The summed E-state index contributed by atoms with van der Waals surface area (Å²) in [5.74, 6) is 0.108. The molecule has 35 heavy (non-hydrogen) atoms. The van der Waals surface area contributed by atoms with Gasteiger partial charge in [0.15, 0.2) is 21.7 Å². The molecule has 4 aliphatic heterocycles. The number of hydrogen-bond donors (Lipinski definition) is 1. The summed E-state index contributed by atoms with van der Waals surface area (Å²) >= 11 is 0. The number of amides is 1. The highest BCUT2D eigenvalue weighted by molar-refractivity contribution is 7.90. The Morgan fingerprint density at radius 1 is 1.09 bits per heavy atom. The molecule has 6 rings (SSSR count). The molecule has 8 nitrogen and oxygen atoms in total. The second kappa shape index (κ2) is 8.52. The van der Waals surface area contributed by atoms with Crippen molar-refractivity contribution in [2.45, 2.75) is 94.4 Å². The number of benzene rings is 1. The Morgan fingerprint density at radius 3 is 2.60 bits per heavy atom. The van der Waals surface area contributed by atoms with Crippen molar-refractivity contribution < 1.29 is 32.5 Å². The first-order valence-corrected chi connectivity index (χ1v) is 14.6. The summed E-state index contributed by atoms with van der Waals surface area (Å²) in [4.78, 5) is 25.1. The Balaban J connectivity index is 1.33. The first kappa shape index (κ1) is 25.1. The van der Waals surface area contributed by atoms with Gasteiger partial charge in [-0.15, -0.1) is 0 Å². The highest BCUT2D eigenvalue weighted by Gasteiger charge is 2.70. The normalized spacial score (nSPS) is 42.7. The van der Waals surface area contributed by atoms with Gasteiger partial charge in [0.2, 0.25) is 11.7 Å². The van der Waals surface area contributed by atoms with Crippen LogP contribution < -0.4 is 5.32 Å². The van der Waals surface area contributed by atoms with Crippen LogP contribution in [0.2, 0.25) is 0 Å². The number of rotatable bonds is 5. The smallest absolute Gasteiger partial charge is 0.224 e. The molecule has 1 aliphatic carbocycles. The van der Waals surface area contributed by atoms with E-state index in [9.17, 15) is 13.2 Å². The van der Waals surface area contributed by atoms with Gasteiger partial charge in [0, 0.05) is 30.7 Å². The Hall–Kier alpha value is -1.52. The average molecular weight is 508 g/mol. The van der Waals surface area contributed by atoms with Crippen molar-refractivity contribution in [1.29, 1.82) is 0 Å². The lowest BCUT2D eigenvalue weighted by molar-refractivity contribution is -0.576. The number of carbonyl (C=O) groups is 1. The maximum atomic E-state index is 12.8. The van der Waals surface area contributed by atoms with Gasteiger partial charge in [-0.25, -0.2) is 18.2 Å². The number of ether oxygens (including phenoxy) is 2. The van der Waals surface area contributed by atoms with Gasteiger partial charge in [0.25, 0.3) is 0 Å². The van der Waals surface area contributed by atoms with Crippen LogP contribution in [-0.2, 0) is 33.9 Å². The SMILES string of the molecule is C[C@@H]1CC[C@H]2[C@@H](C)[C@](C)(CCC(=O)Nc3cccc(S(C)(=O)=O)c3)O[C@@H]3O[C@]4(C)CC[C@@H]1[C@]32OO4. The zero-order valence-electron chi connectivity index (χ0n) is 21.2. The van der Waals surface area contributed by atoms with Crippen LogP contribution in [0.4, 0.5) is 5.69 Å². The molecule has 0 radical (unpaired) electrons. The minimum absolute atomic E-state index is 0.129. The molecule has 2 bridgehead atoms. The van der Waals surface area contributed by atoms with E-state index in [-0.39, 0.29) is 29.1 Å². The topological polar surface area (TPSA) is 100 Å². The number of nitrogens with one attached hydrogen (secondary N) is 1. The molecule has 1 saturated carbocycles. The van der Waals surface area contributed by atoms with E-state index >= 15 is 0 Å². The minimum atomic E-state index is -3.35. The molecule has 194 valence electrons. The fourth-order valence-electron chi connectivity index (χ4n) is 6.84. The van der Waals surface area contributed by atoms with Crippen LogP contribution in [0.5, 0.6) is 0 Å². The van der Waals surface area contributed by atoms with Gasteiger partial charge in [-0.2, -0.15) is 0 Å². The van der Waals surface area contributed by atoms with E-state index in [1.54, 1.807) is 12.1 Å². The molecular formula is C26H37NO7S. The number of anilines is 1. The van der Waals surface area contributed by atoms with Crippen molar-refractivity contribution in [2.75, 3.05) is 11.6 Å². The quantitative estimate of drug-likeness (QED) is 0.588. The second-order valence-corrected chi connectivity index (χ2v) is 13.5. The summed E-state index contributed by atoms with van der Waals surface area (Å²) in [6.45, 7) is 8.46. The molecule has 1 N–H and O–H groups in total.